The lowest BCUT2D eigenvalue weighted by Crippen LogP contribution is -2.47. The van der Waals surface area contributed by atoms with Crippen molar-refractivity contribution in [3.8, 4) is 0 Å². The van der Waals surface area contributed by atoms with Crippen molar-refractivity contribution < 1.29 is 4.79 Å². The minimum atomic E-state index is 0.335. The van der Waals surface area contributed by atoms with Crippen LogP contribution in [0.15, 0.2) is 10.5 Å². The van der Waals surface area contributed by atoms with Gasteiger partial charge in [-0.3, -0.25) is 4.79 Å². The van der Waals surface area contributed by atoms with Crippen molar-refractivity contribution in [2.45, 2.75) is 39.0 Å². The number of carbonyl (C=O) groups is 1. The molecule has 0 saturated heterocycles. The van der Waals surface area contributed by atoms with Gasteiger partial charge < -0.3 is 0 Å². The fourth-order valence-electron chi connectivity index (χ4n) is 5.16. The number of Topliss-reactive ketones (excluding diaryl/α,β-unsaturated/α-hetero) is 1. The maximum Gasteiger partial charge on any atom is 0.177 e. The Labute approximate surface area is 126 Å². The largest absolute Gasteiger partial charge is 0.293 e. The van der Waals surface area contributed by atoms with Crippen molar-refractivity contribution in [1.29, 1.82) is 0 Å². The molecule has 4 aliphatic carbocycles. The molecule has 19 heavy (non-hydrogen) atoms. The highest BCUT2D eigenvalue weighted by molar-refractivity contribution is 9.10. The second-order valence-electron chi connectivity index (χ2n) is 6.85. The highest BCUT2D eigenvalue weighted by Gasteiger charge is 2.51. The summed E-state index contributed by atoms with van der Waals surface area (Å²) < 4.78 is 1.02. The predicted octanol–water partition coefficient (Wildman–Crippen LogP) is 5.07. The highest BCUT2D eigenvalue weighted by Crippen LogP contribution is 2.57. The minimum absolute atomic E-state index is 0.335. The molecule has 0 aliphatic heterocycles. The van der Waals surface area contributed by atoms with Gasteiger partial charge in [-0.1, -0.05) is 0 Å². The molecule has 1 heterocycles. The third kappa shape index (κ3) is 1.96. The molecule has 4 saturated carbocycles. The zero-order chi connectivity index (χ0) is 13.1. The summed E-state index contributed by atoms with van der Waals surface area (Å²) in [5.41, 5.74) is 0. The molecule has 5 rings (SSSR count). The number of rotatable bonds is 2. The van der Waals surface area contributed by atoms with Crippen LogP contribution < -0.4 is 0 Å². The smallest absolute Gasteiger partial charge is 0.177 e. The summed E-state index contributed by atoms with van der Waals surface area (Å²) in [6, 6.07) is 2.09. The van der Waals surface area contributed by atoms with Gasteiger partial charge in [0.1, 0.15) is 0 Å². The second kappa shape index (κ2) is 4.42. The predicted molar refractivity (Wildman–Crippen MR) is 81.6 cm³/mol. The fourth-order valence-corrected chi connectivity index (χ4v) is 6.98. The monoisotopic (exact) mass is 338 g/mol. The maximum absolute atomic E-state index is 12.9. The molecule has 0 aromatic carbocycles. The molecule has 0 N–H and O–H groups in total. The van der Waals surface area contributed by atoms with Crippen LogP contribution in [-0.2, 0) is 0 Å². The summed E-state index contributed by atoms with van der Waals surface area (Å²) in [5, 5.41) is 0. The Balaban J connectivity index is 1.65. The molecule has 0 radical (unpaired) electrons. The summed E-state index contributed by atoms with van der Waals surface area (Å²) in [7, 11) is 0. The van der Waals surface area contributed by atoms with E-state index in [0.717, 1.165) is 21.2 Å². The SMILES string of the molecule is Cc1cc(Br)c(C(=O)C2C3CC4CC(C3)CC2C4)s1. The lowest BCUT2D eigenvalue weighted by molar-refractivity contribution is -0.0249. The minimum Gasteiger partial charge on any atom is -0.293 e. The van der Waals surface area contributed by atoms with E-state index in [2.05, 4.69) is 28.9 Å². The summed E-state index contributed by atoms with van der Waals surface area (Å²) in [6.45, 7) is 2.09. The van der Waals surface area contributed by atoms with Crippen LogP contribution in [-0.4, -0.2) is 5.78 Å². The van der Waals surface area contributed by atoms with Crippen molar-refractivity contribution in [2.24, 2.45) is 29.6 Å². The quantitative estimate of drug-likeness (QED) is 0.687. The summed E-state index contributed by atoms with van der Waals surface area (Å²) in [6.07, 6.45) is 6.75. The standard InChI is InChI=1S/C16H19BrOS/c1-8-2-13(17)16(19-8)15(18)14-11-4-9-3-10(6-11)7-12(14)5-9/h2,9-12,14H,3-7H2,1H3. The van der Waals surface area contributed by atoms with Gasteiger partial charge in [-0.15, -0.1) is 11.3 Å². The van der Waals surface area contributed by atoms with E-state index in [1.807, 2.05) is 0 Å². The number of halogens is 1. The number of hydrogen-bond acceptors (Lipinski definition) is 2. The molecule has 1 nitrogen and oxygen atoms in total. The Hall–Kier alpha value is -0.150. The van der Waals surface area contributed by atoms with E-state index < -0.39 is 0 Å². The Bertz CT molecular complexity index is 505. The van der Waals surface area contributed by atoms with Gasteiger partial charge in [0.15, 0.2) is 5.78 Å². The van der Waals surface area contributed by atoms with Crippen molar-refractivity contribution in [3.63, 3.8) is 0 Å². The van der Waals surface area contributed by atoms with Crippen LogP contribution in [0.25, 0.3) is 0 Å². The van der Waals surface area contributed by atoms with Gasteiger partial charge in [0.25, 0.3) is 0 Å². The number of hydrogen-bond donors (Lipinski definition) is 0. The first-order valence-electron chi connectivity index (χ1n) is 7.42. The maximum atomic E-state index is 12.9. The normalized spacial score (nSPS) is 39.8. The van der Waals surface area contributed by atoms with E-state index in [0.29, 0.717) is 23.5 Å². The molecule has 0 spiro atoms. The van der Waals surface area contributed by atoms with Gasteiger partial charge in [-0.25, -0.2) is 0 Å². The number of thiophene rings is 1. The molecule has 102 valence electrons. The molecule has 3 heteroatoms. The Morgan fingerprint density at radius 3 is 2.21 bits per heavy atom. The molecule has 0 atom stereocenters. The zero-order valence-electron chi connectivity index (χ0n) is 11.2. The average Bonchev–Trinajstić information content (AvgIpc) is 2.66. The fraction of sp³-hybridized carbons (Fsp3) is 0.688. The molecule has 0 amide bonds. The average molecular weight is 339 g/mol. The topological polar surface area (TPSA) is 17.1 Å². The summed E-state index contributed by atoms with van der Waals surface area (Å²) in [5.74, 6) is 4.05. The number of ketones is 1. The van der Waals surface area contributed by atoms with Crippen LogP contribution in [0.4, 0.5) is 0 Å². The van der Waals surface area contributed by atoms with Crippen LogP contribution in [0.2, 0.25) is 0 Å². The summed E-state index contributed by atoms with van der Waals surface area (Å²) >= 11 is 5.24. The van der Waals surface area contributed by atoms with E-state index in [4.69, 9.17) is 0 Å². The Morgan fingerprint density at radius 1 is 1.16 bits per heavy atom. The van der Waals surface area contributed by atoms with Gasteiger partial charge >= 0.3 is 0 Å². The van der Waals surface area contributed by atoms with Crippen LogP contribution in [0.1, 0.15) is 46.7 Å². The molecule has 0 unspecified atom stereocenters. The van der Waals surface area contributed by atoms with Crippen LogP contribution >= 0.6 is 27.3 Å². The summed E-state index contributed by atoms with van der Waals surface area (Å²) in [4.78, 5) is 15.2. The molecule has 4 fully saturated rings. The van der Waals surface area contributed by atoms with E-state index in [-0.39, 0.29) is 0 Å². The van der Waals surface area contributed by atoms with E-state index in [1.165, 1.54) is 37.0 Å². The Kier molecular flexibility index (Phi) is 2.93. The van der Waals surface area contributed by atoms with E-state index in [1.54, 1.807) is 11.3 Å². The third-order valence-electron chi connectivity index (χ3n) is 5.56. The molecule has 1 aromatic heterocycles. The first-order chi connectivity index (χ1) is 9.11. The van der Waals surface area contributed by atoms with Crippen molar-refractivity contribution in [1.82, 2.24) is 0 Å². The van der Waals surface area contributed by atoms with Gasteiger partial charge in [0.2, 0.25) is 0 Å². The van der Waals surface area contributed by atoms with Crippen molar-refractivity contribution >= 4 is 33.0 Å². The molecular weight excluding hydrogens is 320 g/mol. The number of carbonyl (C=O) groups excluding carboxylic acids is 1. The lowest BCUT2D eigenvalue weighted by atomic mass is 9.51. The molecular formula is C16H19BrOS. The van der Waals surface area contributed by atoms with Gasteiger partial charge in [0, 0.05) is 15.3 Å². The first kappa shape index (κ1) is 12.6. The van der Waals surface area contributed by atoms with Gasteiger partial charge in [-0.2, -0.15) is 0 Å². The van der Waals surface area contributed by atoms with E-state index >= 15 is 0 Å². The zero-order valence-corrected chi connectivity index (χ0v) is 13.6. The third-order valence-corrected chi connectivity index (χ3v) is 7.52. The molecule has 4 aliphatic rings. The highest BCUT2D eigenvalue weighted by atomic mass is 79.9. The van der Waals surface area contributed by atoms with Crippen molar-refractivity contribution in [2.75, 3.05) is 0 Å². The van der Waals surface area contributed by atoms with Gasteiger partial charge in [0.05, 0.1) is 4.88 Å². The molecule has 4 bridgehead atoms. The van der Waals surface area contributed by atoms with Crippen LogP contribution in [0, 0.1) is 36.5 Å². The van der Waals surface area contributed by atoms with Crippen LogP contribution in [0.5, 0.6) is 0 Å². The lowest BCUT2D eigenvalue weighted by Gasteiger charge is -2.53. The Morgan fingerprint density at radius 2 is 1.74 bits per heavy atom. The number of aryl methyl sites for hydroxylation is 1. The van der Waals surface area contributed by atoms with Gasteiger partial charge in [-0.05, 0) is 84.7 Å². The second-order valence-corrected chi connectivity index (χ2v) is 8.97. The molecule has 1 aromatic rings. The van der Waals surface area contributed by atoms with E-state index in [9.17, 15) is 4.79 Å². The first-order valence-corrected chi connectivity index (χ1v) is 9.03. The van der Waals surface area contributed by atoms with Crippen molar-refractivity contribution in [3.05, 3.63) is 20.3 Å². The van der Waals surface area contributed by atoms with Crippen LogP contribution in [0.3, 0.4) is 0 Å².